The van der Waals surface area contributed by atoms with E-state index in [1.165, 1.54) is 32.3 Å². The van der Waals surface area contributed by atoms with Gasteiger partial charge in [0.2, 0.25) is 0 Å². The summed E-state index contributed by atoms with van der Waals surface area (Å²) in [6.07, 6.45) is 0. The van der Waals surface area contributed by atoms with Crippen LogP contribution in [0.4, 0.5) is 5.69 Å². The number of benzene rings is 5. The molecule has 5 aromatic carbocycles. The maximum Gasteiger partial charge on any atom is 0.0313 e. The van der Waals surface area contributed by atoms with Crippen LogP contribution in [0.25, 0.3) is 32.3 Å². The number of hydrogen-bond donors (Lipinski definition) is 1. The van der Waals surface area contributed by atoms with Gasteiger partial charge in [-0.15, -0.1) is 0 Å². The molecular weight excluding hydrogens is 278 g/mol. The molecule has 5 rings (SSSR count). The minimum Gasteiger partial charge on any atom is -0.399 e. The lowest BCUT2D eigenvalue weighted by Gasteiger charge is -2.09. The van der Waals surface area contributed by atoms with E-state index >= 15 is 0 Å². The highest BCUT2D eigenvalue weighted by molar-refractivity contribution is 6.22. The Labute approximate surface area is 135 Å². The maximum absolute atomic E-state index is 5.36. The molecule has 0 saturated carbocycles. The lowest BCUT2D eigenvalue weighted by molar-refractivity contribution is 1.69. The van der Waals surface area contributed by atoms with Crippen LogP contribution in [0.3, 0.4) is 0 Å². The molecule has 0 spiro atoms. The molecular formula is C22H17N. The topological polar surface area (TPSA) is 26.0 Å². The fraction of sp³-hybridized carbons (Fsp3) is 0. The Kier molecular flexibility index (Phi) is 3.32. The maximum atomic E-state index is 5.36. The molecule has 0 bridgehead atoms. The second-order valence-corrected chi connectivity index (χ2v) is 5.70. The Morgan fingerprint density at radius 2 is 0.783 bits per heavy atom. The van der Waals surface area contributed by atoms with Crippen molar-refractivity contribution in [3.8, 4) is 0 Å². The Morgan fingerprint density at radius 1 is 0.391 bits per heavy atom. The van der Waals surface area contributed by atoms with E-state index in [2.05, 4.69) is 60.7 Å². The third-order valence-corrected chi connectivity index (χ3v) is 4.19. The molecule has 0 aliphatic heterocycles. The van der Waals surface area contributed by atoms with E-state index in [1.807, 2.05) is 30.3 Å². The van der Waals surface area contributed by atoms with Crippen LogP contribution in [-0.2, 0) is 0 Å². The van der Waals surface area contributed by atoms with Crippen molar-refractivity contribution in [1.29, 1.82) is 0 Å². The predicted molar refractivity (Wildman–Crippen MR) is 101 cm³/mol. The van der Waals surface area contributed by atoms with Crippen LogP contribution in [0.1, 0.15) is 0 Å². The third kappa shape index (κ3) is 2.47. The number of para-hydroxylation sites is 1. The quantitative estimate of drug-likeness (QED) is 0.281. The van der Waals surface area contributed by atoms with Crippen LogP contribution in [0.5, 0.6) is 0 Å². The molecule has 2 N–H and O–H groups in total. The van der Waals surface area contributed by atoms with Gasteiger partial charge in [0.1, 0.15) is 0 Å². The summed E-state index contributed by atoms with van der Waals surface area (Å²) >= 11 is 0. The predicted octanol–water partition coefficient (Wildman–Crippen LogP) is 5.85. The molecule has 23 heavy (non-hydrogen) atoms. The van der Waals surface area contributed by atoms with E-state index < -0.39 is 0 Å². The minimum atomic E-state index is 0.822. The first kappa shape index (κ1) is 13.6. The average Bonchev–Trinajstić information content (AvgIpc) is 2.61. The van der Waals surface area contributed by atoms with Crippen molar-refractivity contribution in [3.63, 3.8) is 0 Å². The molecule has 0 fully saturated rings. The monoisotopic (exact) mass is 295 g/mol. The van der Waals surface area contributed by atoms with Gasteiger partial charge in [-0.25, -0.2) is 0 Å². The van der Waals surface area contributed by atoms with E-state index in [0.29, 0.717) is 0 Å². The van der Waals surface area contributed by atoms with E-state index in [-0.39, 0.29) is 0 Å². The van der Waals surface area contributed by atoms with Gasteiger partial charge in [0.05, 0.1) is 0 Å². The number of nitrogens with two attached hydrogens (primary N) is 1. The zero-order valence-electron chi connectivity index (χ0n) is 12.7. The van der Waals surface area contributed by atoms with Crippen LogP contribution >= 0.6 is 0 Å². The second-order valence-electron chi connectivity index (χ2n) is 5.70. The standard InChI is InChI=1S/C16H10.C6H7N/c1-3-11-7-9-13-5-2-6-14-10-8-12(4-1)15(11)16(13)14;7-6-4-2-1-3-5-6/h1-10H;1-5H,7H2. The smallest absolute Gasteiger partial charge is 0.0313 e. The SMILES string of the molecule is Nc1ccccc1.c1cc2ccc3cccc4ccc(c1)c2c34. The molecule has 0 unspecified atom stereocenters. The lowest BCUT2D eigenvalue weighted by atomic mass is 9.95. The number of rotatable bonds is 0. The lowest BCUT2D eigenvalue weighted by Crippen LogP contribution is -1.82. The molecule has 1 nitrogen and oxygen atoms in total. The summed E-state index contributed by atoms with van der Waals surface area (Å²) in [4.78, 5) is 0. The van der Waals surface area contributed by atoms with Gasteiger partial charge in [-0.05, 0) is 44.5 Å². The van der Waals surface area contributed by atoms with Gasteiger partial charge in [0.25, 0.3) is 0 Å². The van der Waals surface area contributed by atoms with Gasteiger partial charge in [0.15, 0.2) is 0 Å². The first-order valence-electron chi connectivity index (χ1n) is 7.76. The number of hydrogen-bond acceptors (Lipinski definition) is 1. The Bertz CT molecular complexity index is 935. The van der Waals surface area contributed by atoms with Gasteiger partial charge in [-0.2, -0.15) is 0 Å². The fourth-order valence-corrected chi connectivity index (χ4v) is 3.12. The van der Waals surface area contributed by atoms with E-state index in [0.717, 1.165) is 5.69 Å². The second kappa shape index (κ2) is 5.62. The summed E-state index contributed by atoms with van der Waals surface area (Å²) in [5.41, 5.74) is 6.18. The van der Waals surface area contributed by atoms with E-state index in [9.17, 15) is 0 Å². The molecule has 0 aromatic heterocycles. The molecule has 0 amide bonds. The van der Waals surface area contributed by atoms with Gasteiger partial charge < -0.3 is 5.73 Å². The summed E-state index contributed by atoms with van der Waals surface area (Å²) in [6, 6.07) is 31.3. The van der Waals surface area contributed by atoms with Crippen molar-refractivity contribution in [2.45, 2.75) is 0 Å². The van der Waals surface area contributed by atoms with Crippen LogP contribution < -0.4 is 5.73 Å². The summed E-state index contributed by atoms with van der Waals surface area (Å²) < 4.78 is 0. The van der Waals surface area contributed by atoms with Gasteiger partial charge in [0, 0.05) is 5.69 Å². The van der Waals surface area contributed by atoms with Crippen LogP contribution in [0, 0.1) is 0 Å². The van der Waals surface area contributed by atoms with Crippen molar-refractivity contribution >= 4 is 38.0 Å². The summed E-state index contributed by atoms with van der Waals surface area (Å²) in [5, 5.41) is 8.14. The fourth-order valence-electron chi connectivity index (χ4n) is 3.12. The molecule has 0 aliphatic rings. The highest BCUT2D eigenvalue weighted by atomic mass is 14.5. The van der Waals surface area contributed by atoms with Crippen LogP contribution in [0.15, 0.2) is 91.0 Å². The van der Waals surface area contributed by atoms with Gasteiger partial charge in [-0.1, -0.05) is 78.9 Å². The Balaban J connectivity index is 0.000000164. The highest BCUT2D eigenvalue weighted by Gasteiger charge is 2.05. The highest BCUT2D eigenvalue weighted by Crippen LogP contribution is 2.33. The normalized spacial score (nSPS) is 10.8. The molecule has 0 atom stereocenters. The Hall–Kier alpha value is -3.06. The minimum absolute atomic E-state index is 0.822. The van der Waals surface area contributed by atoms with Crippen molar-refractivity contribution in [2.24, 2.45) is 0 Å². The molecule has 5 aromatic rings. The zero-order valence-corrected chi connectivity index (χ0v) is 12.7. The van der Waals surface area contributed by atoms with Gasteiger partial charge >= 0.3 is 0 Å². The first-order chi connectivity index (χ1) is 11.3. The molecule has 0 heterocycles. The third-order valence-electron chi connectivity index (χ3n) is 4.19. The van der Waals surface area contributed by atoms with Crippen molar-refractivity contribution in [1.82, 2.24) is 0 Å². The molecule has 0 aliphatic carbocycles. The molecule has 0 saturated heterocycles. The number of anilines is 1. The van der Waals surface area contributed by atoms with E-state index in [1.54, 1.807) is 0 Å². The van der Waals surface area contributed by atoms with Crippen LogP contribution in [-0.4, -0.2) is 0 Å². The summed E-state index contributed by atoms with van der Waals surface area (Å²) in [6.45, 7) is 0. The molecule has 0 radical (unpaired) electrons. The summed E-state index contributed by atoms with van der Waals surface area (Å²) in [5.74, 6) is 0. The largest absolute Gasteiger partial charge is 0.399 e. The molecule has 1 heteroatoms. The number of nitrogen functional groups attached to an aromatic ring is 1. The first-order valence-corrected chi connectivity index (χ1v) is 7.76. The Morgan fingerprint density at radius 3 is 1.09 bits per heavy atom. The van der Waals surface area contributed by atoms with Crippen molar-refractivity contribution < 1.29 is 0 Å². The van der Waals surface area contributed by atoms with E-state index in [4.69, 9.17) is 5.73 Å². The average molecular weight is 295 g/mol. The van der Waals surface area contributed by atoms with Crippen molar-refractivity contribution in [3.05, 3.63) is 91.0 Å². The van der Waals surface area contributed by atoms with Crippen LogP contribution in [0.2, 0.25) is 0 Å². The summed E-state index contributed by atoms with van der Waals surface area (Å²) in [7, 11) is 0. The van der Waals surface area contributed by atoms with Crippen molar-refractivity contribution in [2.75, 3.05) is 5.73 Å². The molecule has 110 valence electrons. The van der Waals surface area contributed by atoms with Gasteiger partial charge in [-0.3, -0.25) is 0 Å². The zero-order chi connectivity index (χ0) is 15.6.